The third-order valence-electron chi connectivity index (χ3n) is 4.07. The summed E-state index contributed by atoms with van der Waals surface area (Å²) in [6.07, 6.45) is 0. The van der Waals surface area contributed by atoms with Crippen LogP contribution in [0.2, 0.25) is 0 Å². The van der Waals surface area contributed by atoms with Crippen molar-refractivity contribution >= 4 is 45.0 Å². The molecule has 0 saturated carbocycles. The highest BCUT2D eigenvalue weighted by atomic mass is 79.9. The lowest BCUT2D eigenvalue weighted by atomic mass is 9.94. The highest BCUT2D eigenvalue weighted by Crippen LogP contribution is 2.31. The first-order valence-electron chi connectivity index (χ1n) is 7.62. The van der Waals surface area contributed by atoms with Gasteiger partial charge in [0, 0.05) is 23.3 Å². The molecule has 1 aliphatic heterocycles. The van der Waals surface area contributed by atoms with E-state index >= 15 is 0 Å². The molecule has 8 heteroatoms. The Morgan fingerprint density at radius 1 is 1.36 bits per heavy atom. The Labute approximate surface area is 159 Å². The van der Waals surface area contributed by atoms with Crippen molar-refractivity contribution < 1.29 is 9.32 Å². The monoisotopic (exact) mass is 420 g/mol. The Hall–Kier alpha value is -2.19. The van der Waals surface area contributed by atoms with Crippen molar-refractivity contribution in [3.63, 3.8) is 0 Å². The predicted octanol–water partition coefficient (Wildman–Crippen LogP) is 3.52. The number of hydrogen-bond donors (Lipinski definition) is 2. The highest BCUT2D eigenvalue weighted by molar-refractivity contribution is 9.10. The van der Waals surface area contributed by atoms with Crippen molar-refractivity contribution in [2.75, 3.05) is 12.4 Å². The molecule has 2 aromatic rings. The van der Waals surface area contributed by atoms with Crippen molar-refractivity contribution in [2.45, 2.75) is 19.9 Å². The zero-order valence-electron chi connectivity index (χ0n) is 14.0. The molecule has 0 saturated heterocycles. The van der Waals surface area contributed by atoms with Crippen LogP contribution in [0, 0.1) is 6.92 Å². The molecule has 1 atom stereocenters. The van der Waals surface area contributed by atoms with Gasteiger partial charge < -0.3 is 20.1 Å². The molecule has 1 aliphatic rings. The molecule has 2 heterocycles. The van der Waals surface area contributed by atoms with Gasteiger partial charge in [-0.25, -0.2) is 0 Å². The molecule has 2 N–H and O–H groups in total. The predicted molar refractivity (Wildman–Crippen MR) is 103 cm³/mol. The molecule has 0 bridgehead atoms. The second kappa shape index (κ2) is 6.97. The van der Waals surface area contributed by atoms with E-state index in [1.807, 2.05) is 38.2 Å². The van der Waals surface area contributed by atoms with Crippen molar-refractivity contribution in [1.82, 2.24) is 15.4 Å². The van der Waals surface area contributed by atoms with E-state index in [0.29, 0.717) is 22.3 Å². The van der Waals surface area contributed by atoms with Crippen LogP contribution in [0.1, 0.15) is 24.3 Å². The molecule has 1 aromatic carbocycles. The van der Waals surface area contributed by atoms with Gasteiger partial charge in [0.1, 0.15) is 5.76 Å². The summed E-state index contributed by atoms with van der Waals surface area (Å²) in [7, 11) is 1.83. The maximum absolute atomic E-state index is 12.9. The first-order valence-corrected chi connectivity index (χ1v) is 8.82. The summed E-state index contributed by atoms with van der Waals surface area (Å²) in [6.45, 7) is 3.65. The largest absolute Gasteiger partial charge is 0.360 e. The average Bonchev–Trinajstić information content (AvgIpc) is 2.97. The van der Waals surface area contributed by atoms with Crippen molar-refractivity contribution in [3.8, 4) is 0 Å². The molecule has 25 heavy (non-hydrogen) atoms. The summed E-state index contributed by atoms with van der Waals surface area (Å²) >= 11 is 8.82. The smallest absolute Gasteiger partial charge is 0.257 e. The van der Waals surface area contributed by atoms with Crippen LogP contribution in [0.5, 0.6) is 0 Å². The first-order chi connectivity index (χ1) is 11.9. The quantitative estimate of drug-likeness (QED) is 0.740. The SMILES string of the molecule is CC1=C(C(=O)Nc2cc(C)on2)[C@@H](c2ccc(Br)cc2)NC(=S)N1C. The lowest BCUT2D eigenvalue weighted by Gasteiger charge is -2.35. The van der Waals surface area contributed by atoms with E-state index in [9.17, 15) is 4.79 Å². The van der Waals surface area contributed by atoms with Crippen LogP contribution in [0.3, 0.4) is 0 Å². The zero-order chi connectivity index (χ0) is 18.1. The van der Waals surface area contributed by atoms with Crippen molar-refractivity contribution in [3.05, 3.63) is 57.4 Å². The van der Waals surface area contributed by atoms with Crippen LogP contribution < -0.4 is 10.6 Å². The van der Waals surface area contributed by atoms with Crippen molar-refractivity contribution in [2.24, 2.45) is 0 Å². The van der Waals surface area contributed by atoms with Crippen LogP contribution in [0.4, 0.5) is 5.82 Å². The number of carbonyl (C=O) groups excluding carboxylic acids is 1. The van der Waals surface area contributed by atoms with Crippen LogP contribution in [-0.2, 0) is 4.79 Å². The molecule has 3 rings (SSSR count). The molecule has 0 spiro atoms. The fraction of sp³-hybridized carbons (Fsp3) is 0.235. The number of aromatic nitrogens is 1. The van der Waals surface area contributed by atoms with E-state index in [1.54, 1.807) is 17.9 Å². The third-order valence-corrected chi connectivity index (χ3v) is 4.99. The fourth-order valence-corrected chi connectivity index (χ4v) is 3.16. The number of halogens is 1. The topological polar surface area (TPSA) is 70.4 Å². The molecule has 0 fully saturated rings. The Morgan fingerprint density at radius 2 is 2.04 bits per heavy atom. The minimum Gasteiger partial charge on any atom is -0.360 e. The van der Waals surface area contributed by atoms with Gasteiger partial charge >= 0.3 is 0 Å². The molecule has 0 radical (unpaired) electrons. The van der Waals surface area contributed by atoms with E-state index in [-0.39, 0.29) is 11.9 Å². The highest BCUT2D eigenvalue weighted by Gasteiger charge is 2.32. The van der Waals surface area contributed by atoms with Gasteiger partial charge in [-0.1, -0.05) is 33.2 Å². The standard InChI is InChI=1S/C17H17BrN4O2S/c1-9-8-13(21-24-9)19-16(23)14-10(2)22(3)17(25)20-15(14)11-4-6-12(18)7-5-11/h4-8,15H,1-3H3,(H,20,25)(H,19,21,23)/t15-/m1/s1. The van der Waals surface area contributed by atoms with Crippen LogP contribution in [0.15, 0.2) is 50.6 Å². The molecule has 0 unspecified atom stereocenters. The summed E-state index contributed by atoms with van der Waals surface area (Å²) in [4.78, 5) is 14.7. The third kappa shape index (κ3) is 3.59. The molecular formula is C17H17BrN4O2S. The number of benzene rings is 1. The number of carbonyl (C=O) groups is 1. The molecule has 1 aromatic heterocycles. The maximum atomic E-state index is 12.9. The second-order valence-corrected chi connectivity index (χ2v) is 7.07. The van der Waals surface area contributed by atoms with Gasteiger partial charge in [-0.2, -0.15) is 0 Å². The molecule has 130 valence electrons. The molecule has 6 nitrogen and oxygen atoms in total. The number of hydrogen-bond acceptors (Lipinski definition) is 4. The average molecular weight is 421 g/mol. The number of amides is 1. The maximum Gasteiger partial charge on any atom is 0.257 e. The van der Waals surface area contributed by atoms with Crippen LogP contribution >= 0.6 is 28.1 Å². The minimum atomic E-state index is -0.343. The van der Waals surface area contributed by atoms with Gasteiger partial charge in [-0.15, -0.1) is 0 Å². The Balaban J connectivity index is 1.99. The summed E-state index contributed by atoms with van der Waals surface area (Å²) in [5, 5.41) is 10.4. The van der Waals surface area contributed by atoms with Crippen LogP contribution in [-0.4, -0.2) is 28.1 Å². The number of aryl methyl sites for hydroxylation is 1. The summed E-state index contributed by atoms with van der Waals surface area (Å²) in [5.74, 6) is 0.763. The first kappa shape index (κ1) is 17.6. The van der Waals surface area contributed by atoms with E-state index in [0.717, 1.165) is 15.7 Å². The Bertz CT molecular complexity index is 860. The van der Waals surface area contributed by atoms with Gasteiger partial charge in [-0.3, -0.25) is 4.79 Å². The number of nitrogens with zero attached hydrogens (tertiary/aromatic N) is 2. The summed E-state index contributed by atoms with van der Waals surface area (Å²) in [6, 6.07) is 9.11. The molecule has 0 aliphatic carbocycles. The van der Waals surface area contributed by atoms with E-state index in [4.69, 9.17) is 16.7 Å². The van der Waals surface area contributed by atoms with E-state index in [1.165, 1.54) is 0 Å². The number of anilines is 1. The Morgan fingerprint density at radius 3 is 2.64 bits per heavy atom. The normalized spacial score (nSPS) is 17.5. The minimum absolute atomic E-state index is 0.249. The number of allylic oxidation sites excluding steroid dienone is 1. The summed E-state index contributed by atoms with van der Waals surface area (Å²) in [5.41, 5.74) is 2.31. The number of thiocarbonyl (C=S) groups is 1. The van der Waals surface area contributed by atoms with Gasteiger partial charge in [0.05, 0.1) is 11.6 Å². The number of nitrogens with one attached hydrogen (secondary N) is 2. The van der Waals surface area contributed by atoms with E-state index < -0.39 is 0 Å². The molecular weight excluding hydrogens is 404 g/mol. The van der Waals surface area contributed by atoms with Gasteiger partial charge in [-0.05, 0) is 43.8 Å². The lowest BCUT2D eigenvalue weighted by molar-refractivity contribution is -0.113. The van der Waals surface area contributed by atoms with Crippen molar-refractivity contribution in [1.29, 1.82) is 0 Å². The van der Waals surface area contributed by atoms with Gasteiger partial charge in [0.15, 0.2) is 10.9 Å². The van der Waals surface area contributed by atoms with Gasteiger partial charge in [0.25, 0.3) is 5.91 Å². The Kier molecular flexibility index (Phi) is 4.91. The molecule has 1 amide bonds. The summed E-state index contributed by atoms with van der Waals surface area (Å²) < 4.78 is 5.98. The van der Waals surface area contributed by atoms with Gasteiger partial charge in [0.2, 0.25) is 0 Å². The fourth-order valence-electron chi connectivity index (χ4n) is 2.64. The second-order valence-electron chi connectivity index (χ2n) is 5.77. The number of rotatable bonds is 3. The van der Waals surface area contributed by atoms with E-state index in [2.05, 4.69) is 31.7 Å². The zero-order valence-corrected chi connectivity index (χ0v) is 16.4. The van der Waals surface area contributed by atoms with Crippen LogP contribution in [0.25, 0.3) is 0 Å². The lowest BCUT2D eigenvalue weighted by Crippen LogP contribution is -2.46.